The smallest absolute Gasteiger partial charge is 0.0946 e. The summed E-state index contributed by atoms with van der Waals surface area (Å²) in [7, 11) is 0. The maximum atomic E-state index is 4.06. The number of hydrogen-bond donors (Lipinski definition) is 2. The van der Waals surface area contributed by atoms with E-state index in [4.69, 9.17) is 0 Å². The van der Waals surface area contributed by atoms with Crippen LogP contribution in [0.1, 0.15) is 33.1 Å². The highest BCUT2D eigenvalue weighted by Crippen LogP contribution is 2.11. The highest BCUT2D eigenvalue weighted by atomic mass is 15.1. The molecule has 1 aromatic rings. The van der Waals surface area contributed by atoms with Crippen molar-refractivity contribution in [3.63, 3.8) is 0 Å². The highest BCUT2D eigenvalue weighted by Gasteiger charge is 2.17. The molecule has 2 rings (SSSR count). The third-order valence-corrected chi connectivity index (χ3v) is 3.41. The van der Waals surface area contributed by atoms with E-state index in [1.165, 1.54) is 25.8 Å². The summed E-state index contributed by atoms with van der Waals surface area (Å²) in [5.41, 5.74) is 0. The lowest BCUT2D eigenvalue weighted by molar-refractivity contribution is 0.378. The van der Waals surface area contributed by atoms with Gasteiger partial charge in [0.05, 0.1) is 6.33 Å². The van der Waals surface area contributed by atoms with Gasteiger partial charge in [0.1, 0.15) is 0 Å². The summed E-state index contributed by atoms with van der Waals surface area (Å²) in [6.07, 6.45) is 9.62. The minimum Gasteiger partial charge on any atom is -0.336 e. The van der Waals surface area contributed by atoms with Gasteiger partial charge in [-0.25, -0.2) is 4.98 Å². The lowest BCUT2D eigenvalue weighted by atomic mass is 10.1. The molecule has 17 heavy (non-hydrogen) atoms. The van der Waals surface area contributed by atoms with Crippen LogP contribution in [0.25, 0.3) is 0 Å². The van der Waals surface area contributed by atoms with Gasteiger partial charge >= 0.3 is 0 Å². The first-order chi connectivity index (χ1) is 8.24. The van der Waals surface area contributed by atoms with Gasteiger partial charge in [0, 0.05) is 37.1 Å². The van der Waals surface area contributed by atoms with Crippen LogP contribution in [0.2, 0.25) is 0 Å². The van der Waals surface area contributed by atoms with E-state index in [2.05, 4.69) is 34.0 Å². The fourth-order valence-corrected chi connectivity index (χ4v) is 2.70. The summed E-state index contributed by atoms with van der Waals surface area (Å²) in [6.45, 7) is 6.70. The Morgan fingerprint density at radius 3 is 3.00 bits per heavy atom. The monoisotopic (exact) mass is 236 g/mol. The molecule has 1 aliphatic heterocycles. The molecule has 1 saturated heterocycles. The Kier molecular flexibility index (Phi) is 4.57. The normalized spacial score (nSPS) is 23.8. The van der Waals surface area contributed by atoms with Gasteiger partial charge in [0.25, 0.3) is 0 Å². The molecule has 1 aliphatic rings. The van der Waals surface area contributed by atoms with Gasteiger partial charge in [0.2, 0.25) is 0 Å². The van der Waals surface area contributed by atoms with Crippen LogP contribution >= 0.6 is 0 Å². The Balaban J connectivity index is 1.68. The zero-order valence-corrected chi connectivity index (χ0v) is 10.9. The molecule has 0 spiro atoms. The molecule has 4 heteroatoms. The second-order valence-electron chi connectivity index (χ2n) is 5.26. The Bertz CT molecular complexity index is 303. The molecule has 1 fully saturated rings. The van der Waals surface area contributed by atoms with Crippen LogP contribution < -0.4 is 10.6 Å². The van der Waals surface area contributed by atoms with E-state index >= 15 is 0 Å². The van der Waals surface area contributed by atoms with E-state index in [9.17, 15) is 0 Å². The van der Waals surface area contributed by atoms with Crippen LogP contribution in [0.4, 0.5) is 0 Å². The summed E-state index contributed by atoms with van der Waals surface area (Å²) in [5, 5.41) is 7.21. The molecule has 0 radical (unpaired) electrons. The molecular formula is C13H24N4. The predicted octanol–water partition coefficient (Wildman–Crippen LogP) is 1.39. The Labute approximate surface area is 104 Å². The van der Waals surface area contributed by atoms with Crippen molar-refractivity contribution in [3.05, 3.63) is 18.7 Å². The third-order valence-electron chi connectivity index (χ3n) is 3.41. The quantitative estimate of drug-likeness (QED) is 0.784. The number of imidazole rings is 1. The zero-order chi connectivity index (χ0) is 12.1. The molecule has 0 amide bonds. The molecule has 3 unspecified atom stereocenters. The van der Waals surface area contributed by atoms with Gasteiger partial charge in [-0.2, -0.15) is 0 Å². The van der Waals surface area contributed by atoms with Gasteiger partial charge in [-0.15, -0.1) is 0 Å². The van der Waals surface area contributed by atoms with Gasteiger partial charge < -0.3 is 15.2 Å². The lowest BCUT2D eigenvalue weighted by Gasteiger charge is -2.23. The van der Waals surface area contributed by atoms with Crippen molar-refractivity contribution in [3.8, 4) is 0 Å². The minimum absolute atomic E-state index is 0.487. The van der Waals surface area contributed by atoms with Crippen LogP contribution in [0, 0.1) is 0 Å². The van der Waals surface area contributed by atoms with Crippen molar-refractivity contribution < 1.29 is 0 Å². The van der Waals surface area contributed by atoms with Gasteiger partial charge in [0.15, 0.2) is 0 Å². The molecule has 2 heterocycles. The number of nitrogens with zero attached hydrogens (tertiary/aromatic N) is 2. The van der Waals surface area contributed by atoms with Crippen LogP contribution in [0.5, 0.6) is 0 Å². The molecule has 96 valence electrons. The van der Waals surface area contributed by atoms with Gasteiger partial charge in [-0.05, 0) is 39.7 Å². The van der Waals surface area contributed by atoms with Crippen molar-refractivity contribution in [2.75, 3.05) is 6.54 Å². The van der Waals surface area contributed by atoms with E-state index in [1.54, 1.807) is 0 Å². The lowest BCUT2D eigenvalue weighted by Crippen LogP contribution is -2.40. The van der Waals surface area contributed by atoms with Crippen LogP contribution in [0.3, 0.4) is 0 Å². The van der Waals surface area contributed by atoms with Crippen molar-refractivity contribution in [2.45, 2.75) is 57.8 Å². The third kappa shape index (κ3) is 4.13. The second kappa shape index (κ2) is 6.17. The Hall–Kier alpha value is -0.870. The molecule has 0 aliphatic carbocycles. The van der Waals surface area contributed by atoms with Gasteiger partial charge in [-0.1, -0.05) is 0 Å². The second-order valence-corrected chi connectivity index (χ2v) is 5.26. The van der Waals surface area contributed by atoms with Crippen LogP contribution in [-0.4, -0.2) is 34.2 Å². The molecule has 4 nitrogen and oxygen atoms in total. The zero-order valence-electron chi connectivity index (χ0n) is 10.9. The Morgan fingerprint density at radius 1 is 1.47 bits per heavy atom. The van der Waals surface area contributed by atoms with Crippen molar-refractivity contribution in [2.24, 2.45) is 0 Å². The molecule has 2 N–H and O–H groups in total. The SMILES string of the molecule is CC(CC1CCCN1)NC(C)Cn1ccnc1. The number of nitrogens with one attached hydrogen (secondary N) is 2. The summed E-state index contributed by atoms with van der Waals surface area (Å²) in [4.78, 5) is 4.06. The molecule has 0 bridgehead atoms. The summed E-state index contributed by atoms with van der Waals surface area (Å²) in [6, 6.07) is 1.78. The first kappa shape index (κ1) is 12.6. The van der Waals surface area contributed by atoms with Crippen molar-refractivity contribution in [1.29, 1.82) is 0 Å². The highest BCUT2D eigenvalue weighted by molar-refractivity contribution is 4.81. The van der Waals surface area contributed by atoms with Crippen molar-refractivity contribution >= 4 is 0 Å². The Morgan fingerprint density at radius 2 is 2.35 bits per heavy atom. The van der Waals surface area contributed by atoms with Crippen LogP contribution in [0.15, 0.2) is 18.7 Å². The summed E-state index contributed by atoms with van der Waals surface area (Å²) in [5.74, 6) is 0. The van der Waals surface area contributed by atoms with Crippen LogP contribution in [-0.2, 0) is 6.54 Å². The average molecular weight is 236 g/mol. The molecule has 0 aromatic carbocycles. The van der Waals surface area contributed by atoms with E-state index < -0.39 is 0 Å². The first-order valence-corrected chi connectivity index (χ1v) is 6.69. The van der Waals surface area contributed by atoms with E-state index in [0.29, 0.717) is 12.1 Å². The van der Waals surface area contributed by atoms with E-state index in [-0.39, 0.29) is 0 Å². The molecule has 0 saturated carbocycles. The van der Waals surface area contributed by atoms with Crippen molar-refractivity contribution in [1.82, 2.24) is 20.2 Å². The minimum atomic E-state index is 0.487. The van der Waals surface area contributed by atoms with Gasteiger partial charge in [-0.3, -0.25) is 0 Å². The summed E-state index contributed by atoms with van der Waals surface area (Å²) >= 11 is 0. The average Bonchev–Trinajstić information content (AvgIpc) is 2.90. The molecule has 3 atom stereocenters. The topological polar surface area (TPSA) is 41.9 Å². The largest absolute Gasteiger partial charge is 0.336 e. The van der Waals surface area contributed by atoms with E-state index in [1.807, 2.05) is 18.7 Å². The predicted molar refractivity (Wildman–Crippen MR) is 69.9 cm³/mol. The maximum absolute atomic E-state index is 4.06. The number of hydrogen-bond acceptors (Lipinski definition) is 3. The summed E-state index contributed by atoms with van der Waals surface area (Å²) < 4.78 is 2.12. The number of rotatable bonds is 6. The molecular weight excluding hydrogens is 212 g/mol. The fourth-order valence-electron chi connectivity index (χ4n) is 2.70. The molecule has 1 aromatic heterocycles. The fraction of sp³-hybridized carbons (Fsp3) is 0.769. The maximum Gasteiger partial charge on any atom is 0.0946 e. The van der Waals surface area contributed by atoms with E-state index in [0.717, 1.165) is 12.6 Å². The first-order valence-electron chi connectivity index (χ1n) is 6.69. The standard InChI is InChI=1S/C13H24N4/c1-11(8-13-4-3-5-15-13)16-12(2)9-17-7-6-14-10-17/h6-7,10-13,15-16H,3-5,8-9H2,1-2H3. The number of aromatic nitrogens is 2.